The van der Waals surface area contributed by atoms with Crippen LogP contribution in [0.4, 0.5) is 5.69 Å². The molecule has 2 aromatic carbocycles. The van der Waals surface area contributed by atoms with Gasteiger partial charge in [-0.1, -0.05) is 19.9 Å². The van der Waals surface area contributed by atoms with Gasteiger partial charge in [0.05, 0.1) is 13.0 Å². The fourth-order valence-electron chi connectivity index (χ4n) is 3.63. The van der Waals surface area contributed by atoms with E-state index in [0.29, 0.717) is 30.2 Å². The van der Waals surface area contributed by atoms with Crippen molar-refractivity contribution < 1.29 is 24.5 Å². The summed E-state index contributed by atoms with van der Waals surface area (Å²) in [6.45, 7) is 8.47. The van der Waals surface area contributed by atoms with Crippen LogP contribution in [0.15, 0.2) is 42.5 Å². The summed E-state index contributed by atoms with van der Waals surface area (Å²) in [4.78, 5) is 26.6. The molecule has 0 spiro atoms. The third-order valence-electron chi connectivity index (χ3n) is 5.41. The molecule has 0 aliphatic rings. The summed E-state index contributed by atoms with van der Waals surface area (Å²) < 4.78 is 5.68. The number of nitrogen functional groups attached to an aromatic ring is 1. The summed E-state index contributed by atoms with van der Waals surface area (Å²) in [6, 6.07) is 11.4. The molecule has 9 heteroatoms. The summed E-state index contributed by atoms with van der Waals surface area (Å²) >= 11 is 0. The van der Waals surface area contributed by atoms with Crippen LogP contribution in [0.2, 0.25) is 0 Å². The van der Waals surface area contributed by atoms with Crippen molar-refractivity contribution >= 4 is 23.5 Å². The molecule has 0 amide bonds. The Morgan fingerprint density at radius 1 is 1.09 bits per heavy atom. The highest BCUT2D eigenvalue weighted by atomic mass is 16.5. The van der Waals surface area contributed by atoms with E-state index >= 15 is 0 Å². The van der Waals surface area contributed by atoms with Gasteiger partial charge in [0.15, 0.2) is 5.54 Å². The van der Waals surface area contributed by atoms with Crippen LogP contribution >= 0.6 is 0 Å². The number of carboxylic acids is 2. The molecule has 9 nitrogen and oxygen atoms in total. The summed E-state index contributed by atoms with van der Waals surface area (Å²) in [7, 11) is 0. The number of rotatable bonds is 13. The molecule has 2 rings (SSSR count). The molecule has 2 aromatic rings. The van der Waals surface area contributed by atoms with Crippen molar-refractivity contribution in [3.63, 3.8) is 0 Å². The van der Waals surface area contributed by atoms with E-state index in [1.54, 1.807) is 36.4 Å². The molecule has 0 bridgehead atoms. The number of carbonyl (C=O) groups is 2. The molecule has 1 atom stereocenters. The Morgan fingerprint density at radius 2 is 1.73 bits per heavy atom. The second kappa shape index (κ2) is 11.3. The largest absolute Gasteiger partial charge is 0.494 e. The van der Waals surface area contributed by atoms with Gasteiger partial charge in [-0.15, -0.1) is 0 Å². The van der Waals surface area contributed by atoms with Gasteiger partial charge in [-0.05, 0) is 67.5 Å². The summed E-state index contributed by atoms with van der Waals surface area (Å²) in [5, 5.41) is 30.4. The third-order valence-corrected chi connectivity index (χ3v) is 5.41. The monoisotopic (exact) mass is 456 g/mol. The molecular weight excluding hydrogens is 424 g/mol. The molecule has 0 aliphatic carbocycles. The third kappa shape index (κ3) is 6.45. The lowest BCUT2D eigenvalue weighted by Gasteiger charge is -2.32. The summed E-state index contributed by atoms with van der Waals surface area (Å²) in [5.74, 6) is -2.25. The zero-order valence-corrected chi connectivity index (χ0v) is 19.2. The van der Waals surface area contributed by atoms with E-state index in [-0.39, 0.29) is 11.4 Å². The number of aliphatic carboxylic acids is 2. The van der Waals surface area contributed by atoms with Crippen LogP contribution in [0.25, 0.3) is 0 Å². The number of nitrogens with two attached hydrogens (primary N) is 1. The molecule has 6 N–H and O–H groups in total. The number of anilines is 1. The number of nitrogens with one attached hydrogen (secondary N) is 2. The van der Waals surface area contributed by atoms with Crippen molar-refractivity contribution in [2.75, 3.05) is 25.0 Å². The van der Waals surface area contributed by atoms with Crippen LogP contribution in [-0.2, 0) is 21.7 Å². The number of amidine groups is 1. The van der Waals surface area contributed by atoms with E-state index in [0.717, 1.165) is 18.7 Å². The number of ether oxygens (including phenoxy) is 1. The Bertz CT molecular complexity index is 989. The molecule has 0 heterocycles. The topological polar surface area (TPSA) is 149 Å². The van der Waals surface area contributed by atoms with Crippen LogP contribution in [-0.4, -0.2) is 52.6 Å². The van der Waals surface area contributed by atoms with E-state index < -0.39 is 23.9 Å². The highest BCUT2D eigenvalue weighted by molar-refractivity contribution is 5.95. The lowest BCUT2D eigenvalue weighted by molar-refractivity contribution is -0.149. The molecule has 1 unspecified atom stereocenters. The van der Waals surface area contributed by atoms with Gasteiger partial charge in [0.25, 0.3) is 0 Å². The van der Waals surface area contributed by atoms with Gasteiger partial charge in [-0.2, -0.15) is 0 Å². The lowest BCUT2D eigenvalue weighted by Crippen LogP contribution is -2.45. The number of hydrogen-bond acceptors (Lipinski definition) is 6. The smallest absolute Gasteiger partial charge is 0.334 e. The number of benzene rings is 2. The first-order valence-electron chi connectivity index (χ1n) is 10.8. The number of carboxylic acid groups (broad SMARTS) is 2. The Labute approximate surface area is 193 Å². The number of hydrogen-bond donors (Lipinski definition) is 5. The van der Waals surface area contributed by atoms with Crippen molar-refractivity contribution in [2.45, 2.75) is 39.3 Å². The second-order valence-electron chi connectivity index (χ2n) is 7.66. The first-order valence-corrected chi connectivity index (χ1v) is 10.8. The highest BCUT2D eigenvalue weighted by Crippen LogP contribution is 2.34. The van der Waals surface area contributed by atoms with Gasteiger partial charge in [0.2, 0.25) is 0 Å². The van der Waals surface area contributed by atoms with Crippen LogP contribution in [0.1, 0.15) is 43.9 Å². The van der Waals surface area contributed by atoms with E-state index in [1.807, 2.05) is 26.8 Å². The highest BCUT2D eigenvalue weighted by Gasteiger charge is 2.43. The fraction of sp³-hybridized carbons (Fsp3) is 0.375. The predicted octanol–water partition coefficient (Wildman–Crippen LogP) is 3.08. The average Bonchev–Trinajstić information content (AvgIpc) is 2.77. The van der Waals surface area contributed by atoms with Crippen molar-refractivity contribution in [2.24, 2.45) is 5.73 Å². The van der Waals surface area contributed by atoms with Crippen molar-refractivity contribution in [3.05, 3.63) is 59.2 Å². The Balaban J connectivity index is 2.63. The zero-order valence-electron chi connectivity index (χ0n) is 19.2. The van der Waals surface area contributed by atoms with E-state index in [1.165, 1.54) is 0 Å². The maximum absolute atomic E-state index is 12.6. The van der Waals surface area contributed by atoms with Crippen LogP contribution in [0.3, 0.4) is 0 Å². The van der Waals surface area contributed by atoms with Crippen LogP contribution in [0.5, 0.6) is 5.75 Å². The minimum Gasteiger partial charge on any atom is -0.494 e. The van der Waals surface area contributed by atoms with E-state index in [2.05, 4.69) is 10.2 Å². The molecule has 0 aliphatic heterocycles. The molecule has 178 valence electrons. The van der Waals surface area contributed by atoms with Gasteiger partial charge in [-0.3, -0.25) is 15.1 Å². The standard InChI is InChI=1S/C24H32N4O5/c1-4-28(5-2)15-16-11-18(13-20(12-16)33-6-3)24(23(31)32,14-21(29)30)27-19-9-7-17(8-10-19)22(25)26/h7-13,27H,4-6,14-15H2,1-3H3,(H3,25,26)(H,29,30)(H,31,32). The SMILES string of the molecule is CCOc1cc(CN(CC)CC)cc(C(CC(=O)O)(Nc2ccc(C(=N)N)cc2)C(=O)O)c1. The van der Waals surface area contributed by atoms with Crippen LogP contribution in [0, 0.1) is 5.41 Å². The maximum Gasteiger partial charge on any atom is 0.334 e. The molecule has 0 saturated carbocycles. The van der Waals surface area contributed by atoms with Crippen LogP contribution < -0.4 is 15.8 Å². The lowest BCUT2D eigenvalue weighted by atomic mass is 9.84. The van der Waals surface area contributed by atoms with Crippen molar-refractivity contribution in [1.29, 1.82) is 5.41 Å². The molecular formula is C24H32N4O5. The van der Waals surface area contributed by atoms with Gasteiger partial charge in [0, 0.05) is 17.8 Å². The maximum atomic E-state index is 12.6. The summed E-state index contributed by atoms with van der Waals surface area (Å²) in [6.07, 6.45) is -0.697. The quantitative estimate of drug-likeness (QED) is 0.228. The Kier molecular flexibility index (Phi) is 8.81. The zero-order chi connectivity index (χ0) is 24.6. The Hall–Kier alpha value is -3.59. The van der Waals surface area contributed by atoms with Gasteiger partial charge in [-0.25, -0.2) is 4.79 Å². The first kappa shape index (κ1) is 25.7. The molecule has 0 fully saturated rings. The van der Waals surface area contributed by atoms with Crippen molar-refractivity contribution in [1.82, 2.24) is 4.90 Å². The second-order valence-corrected chi connectivity index (χ2v) is 7.66. The molecule has 0 aromatic heterocycles. The fourth-order valence-corrected chi connectivity index (χ4v) is 3.63. The minimum atomic E-state index is -1.95. The van der Waals surface area contributed by atoms with E-state index in [4.69, 9.17) is 15.9 Å². The van der Waals surface area contributed by atoms with Gasteiger partial charge < -0.3 is 26.0 Å². The van der Waals surface area contributed by atoms with Gasteiger partial charge >= 0.3 is 11.9 Å². The molecule has 0 saturated heterocycles. The first-order chi connectivity index (χ1) is 15.6. The van der Waals surface area contributed by atoms with Gasteiger partial charge in [0.1, 0.15) is 11.6 Å². The predicted molar refractivity (Wildman–Crippen MR) is 127 cm³/mol. The molecule has 0 radical (unpaired) electrons. The van der Waals surface area contributed by atoms with E-state index in [9.17, 15) is 19.8 Å². The number of nitrogens with zero attached hydrogens (tertiary/aromatic N) is 1. The minimum absolute atomic E-state index is 0.123. The normalized spacial score (nSPS) is 12.7. The Morgan fingerprint density at radius 3 is 2.21 bits per heavy atom. The average molecular weight is 457 g/mol. The molecule has 33 heavy (non-hydrogen) atoms. The van der Waals surface area contributed by atoms with Crippen molar-refractivity contribution in [3.8, 4) is 5.75 Å². The summed E-state index contributed by atoms with van der Waals surface area (Å²) in [5.41, 5.74) is 5.50.